The summed E-state index contributed by atoms with van der Waals surface area (Å²) in [6.45, 7) is 3.16. The number of nitrogens with one attached hydrogen (secondary N) is 2. The van der Waals surface area contributed by atoms with Crippen molar-refractivity contribution in [3.8, 4) is 0 Å². The highest BCUT2D eigenvalue weighted by Crippen LogP contribution is 2.19. The first-order valence-electron chi connectivity index (χ1n) is 6.41. The Morgan fingerprint density at radius 3 is 2.65 bits per heavy atom. The molecule has 0 fully saturated rings. The minimum absolute atomic E-state index is 0.0517. The zero-order chi connectivity index (χ0) is 14.4. The van der Waals surface area contributed by atoms with Gasteiger partial charge in [0, 0.05) is 31.0 Å². The van der Waals surface area contributed by atoms with Gasteiger partial charge in [0.25, 0.3) is 5.91 Å². The number of carbonyl (C=O) groups excluding carboxylic acids is 1. The lowest BCUT2D eigenvalue weighted by Crippen LogP contribution is -2.22. The van der Waals surface area contributed by atoms with Crippen molar-refractivity contribution in [1.29, 1.82) is 0 Å². The predicted molar refractivity (Wildman–Crippen MR) is 81.0 cm³/mol. The van der Waals surface area contributed by atoms with Crippen molar-refractivity contribution in [3.63, 3.8) is 0 Å². The van der Waals surface area contributed by atoms with Gasteiger partial charge in [-0.2, -0.15) is 0 Å². The number of halogens is 1. The molecule has 2 rings (SSSR count). The fourth-order valence-electron chi connectivity index (χ4n) is 1.75. The molecule has 1 aromatic carbocycles. The van der Waals surface area contributed by atoms with E-state index in [1.54, 1.807) is 12.4 Å². The van der Waals surface area contributed by atoms with E-state index in [0.29, 0.717) is 23.7 Å². The lowest BCUT2D eigenvalue weighted by Gasteiger charge is -2.08. The van der Waals surface area contributed by atoms with Gasteiger partial charge in [0.15, 0.2) is 0 Å². The molecule has 5 heteroatoms. The second-order valence-corrected chi connectivity index (χ2v) is 4.67. The maximum Gasteiger partial charge on any atom is 0.251 e. The highest BCUT2D eigenvalue weighted by atomic mass is 35.5. The number of amides is 1. The fraction of sp³-hybridized carbons (Fsp3) is 0.200. The van der Waals surface area contributed by atoms with Gasteiger partial charge in [-0.1, -0.05) is 23.7 Å². The monoisotopic (exact) mass is 289 g/mol. The average molecular weight is 290 g/mol. The third-order valence-corrected chi connectivity index (χ3v) is 3.11. The highest BCUT2D eigenvalue weighted by Gasteiger charge is 2.04. The first-order chi connectivity index (χ1) is 9.70. The van der Waals surface area contributed by atoms with E-state index in [1.165, 1.54) is 0 Å². The van der Waals surface area contributed by atoms with Crippen molar-refractivity contribution in [1.82, 2.24) is 10.3 Å². The zero-order valence-electron chi connectivity index (χ0n) is 11.2. The Kier molecular flexibility index (Phi) is 4.96. The van der Waals surface area contributed by atoms with Crippen LogP contribution in [0.15, 0.2) is 42.7 Å². The van der Waals surface area contributed by atoms with Crippen LogP contribution in [0.1, 0.15) is 22.8 Å². The number of anilines is 1. The summed E-state index contributed by atoms with van der Waals surface area (Å²) < 4.78 is 0. The minimum atomic E-state index is -0.0517. The summed E-state index contributed by atoms with van der Waals surface area (Å²) >= 11 is 6.01. The topological polar surface area (TPSA) is 54.0 Å². The molecule has 0 saturated carbocycles. The summed E-state index contributed by atoms with van der Waals surface area (Å²) in [5.41, 5.74) is 2.58. The van der Waals surface area contributed by atoms with Crippen LogP contribution in [0.2, 0.25) is 5.02 Å². The number of rotatable bonds is 5. The van der Waals surface area contributed by atoms with E-state index in [1.807, 2.05) is 37.3 Å². The predicted octanol–water partition coefficient (Wildman–Crippen LogP) is 3.10. The third kappa shape index (κ3) is 3.71. The summed E-state index contributed by atoms with van der Waals surface area (Å²) in [6.07, 6.45) is 3.29. The van der Waals surface area contributed by atoms with Crippen LogP contribution in [-0.4, -0.2) is 17.4 Å². The first kappa shape index (κ1) is 14.3. The van der Waals surface area contributed by atoms with Gasteiger partial charge in [-0.05, 0) is 30.7 Å². The molecule has 2 aromatic rings. The Bertz CT molecular complexity index is 584. The largest absolute Gasteiger partial charge is 0.380 e. The van der Waals surface area contributed by atoms with Crippen LogP contribution >= 0.6 is 11.6 Å². The van der Waals surface area contributed by atoms with Crippen LogP contribution in [-0.2, 0) is 6.54 Å². The van der Waals surface area contributed by atoms with Crippen LogP contribution in [0.4, 0.5) is 5.69 Å². The molecule has 0 aliphatic heterocycles. The Morgan fingerprint density at radius 2 is 2.00 bits per heavy atom. The molecule has 0 radical (unpaired) electrons. The number of nitrogens with zero attached hydrogens (tertiary/aromatic N) is 1. The van der Waals surface area contributed by atoms with Crippen molar-refractivity contribution in [2.75, 3.05) is 11.9 Å². The van der Waals surface area contributed by atoms with Crippen molar-refractivity contribution in [2.45, 2.75) is 13.5 Å². The van der Waals surface area contributed by atoms with Gasteiger partial charge in [-0.15, -0.1) is 0 Å². The second-order valence-electron chi connectivity index (χ2n) is 4.27. The molecule has 0 atom stereocenters. The normalized spacial score (nSPS) is 10.1. The molecular weight excluding hydrogens is 274 g/mol. The molecule has 0 spiro atoms. The lowest BCUT2D eigenvalue weighted by atomic mass is 10.1. The maximum absolute atomic E-state index is 11.6. The molecule has 1 aromatic heterocycles. The van der Waals surface area contributed by atoms with Gasteiger partial charge in [0.2, 0.25) is 0 Å². The third-order valence-electron chi connectivity index (χ3n) is 2.81. The number of aromatic nitrogens is 1. The molecule has 0 aliphatic rings. The van der Waals surface area contributed by atoms with Crippen LogP contribution in [0.3, 0.4) is 0 Å². The minimum Gasteiger partial charge on any atom is -0.380 e. The number of carbonyl (C=O) groups is 1. The highest BCUT2D eigenvalue weighted by molar-refractivity contribution is 6.33. The van der Waals surface area contributed by atoms with E-state index in [9.17, 15) is 4.79 Å². The Labute approximate surface area is 123 Å². The van der Waals surface area contributed by atoms with E-state index in [0.717, 1.165) is 11.3 Å². The van der Waals surface area contributed by atoms with Crippen LogP contribution in [0.5, 0.6) is 0 Å². The Balaban J connectivity index is 1.98. The van der Waals surface area contributed by atoms with Crippen molar-refractivity contribution >= 4 is 23.2 Å². The summed E-state index contributed by atoms with van der Waals surface area (Å²) in [6, 6.07) is 9.30. The molecule has 0 bridgehead atoms. The average Bonchev–Trinajstić information content (AvgIpc) is 2.47. The van der Waals surface area contributed by atoms with Crippen molar-refractivity contribution in [2.24, 2.45) is 0 Å². The summed E-state index contributed by atoms with van der Waals surface area (Å²) in [5.74, 6) is -0.0517. The molecule has 20 heavy (non-hydrogen) atoms. The van der Waals surface area contributed by atoms with Gasteiger partial charge in [0.1, 0.15) is 0 Å². The van der Waals surface area contributed by atoms with Gasteiger partial charge in [0.05, 0.1) is 10.7 Å². The molecule has 2 N–H and O–H groups in total. The fourth-order valence-corrected chi connectivity index (χ4v) is 1.94. The van der Waals surface area contributed by atoms with Crippen LogP contribution in [0.25, 0.3) is 0 Å². The van der Waals surface area contributed by atoms with E-state index >= 15 is 0 Å². The Hall–Kier alpha value is -2.07. The van der Waals surface area contributed by atoms with Crippen LogP contribution in [0, 0.1) is 0 Å². The number of hydrogen-bond donors (Lipinski definition) is 2. The lowest BCUT2D eigenvalue weighted by molar-refractivity contribution is 0.0956. The number of pyridine rings is 1. The van der Waals surface area contributed by atoms with Crippen molar-refractivity contribution < 1.29 is 4.79 Å². The first-order valence-corrected chi connectivity index (χ1v) is 6.79. The molecule has 0 unspecified atom stereocenters. The molecule has 1 amide bonds. The maximum atomic E-state index is 11.6. The van der Waals surface area contributed by atoms with Gasteiger partial charge >= 0.3 is 0 Å². The van der Waals surface area contributed by atoms with Crippen LogP contribution < -0.4 is 10.6 Å². The standard InChI is InChI=1S/C15H16ClN3O/c1-2-18-15(20)12-5-3-11(4-6-12)9-19-14-7-8-17-10-13(14)16/h3-8,10H,2,9H2,1H3,(H,17,19)(H,18,20). The quantitative estimate of drug-likeness (QED) is 0.889. The molecular formula is C15H16ClN3O. The summed E-state index contributed by atoms with van der Waals surface area (Å²) in [5, 5.41) is 6.59. The Morgan fingerprint density at radius 1 is 1.25 bits per heavy atom. The van der Waals surface area contributed by atoms with E-state index < -0.39 is 0 Å². The van der Waals surface area contributed by atoms with Gasteiger partial charge < -0.3 is 10.6 Å². The number of hydrogen-bond acceptors (Lipinski definition) is 3. The number of benzene rings is 1. The van der Waals surface area contributed by atoms with Gasteiger partial charge in [-0.25, -0.2) is 0 Å². The molecule has 4 nitrogen and oxygen atoms in total. The SMILES string of the molecule is CCNC(=O)c1ccc(CNc2ccncc2Cl)cc1. The molecule has 0 saturated heterocycles. The molecule has 0 aliphatic carbocycles. The summed E-state index contributed by atoms with van der Waals surface area (Å²) in [7, 11) is 0. The van der Waals surface area contributed by atoms with Crippen molar-refractivity contribution in [3.05, 3.63) is 58.9 Å². The summed E-state index contributed by atoms with van der Waals surface area (Å²) in [4.78, 5) is 15.6. The zero-order valence-corrected chi connectivity index (χ0v) is 11.9. The van der Waals surface area contributed by atoms with E-state index in [-0.39, 0.29) is 5.91 Å². The van der Waals surface area contributed by atoms with Gasteiger partial charge in [-0.3, -0.25) is 9.78 Å². The van der Waals surface area contributed by atoms with E-state index in [2.05, 4.69) is 15.6 Å². The molecule has 104 valence electrons. The van der Waals surface area contributed by atoms with E-state index in [4.69, 9.17) is 11.6 Å². The molecule has 1 heterocycles. The smallest absolute Gasteiger partial charge is 0.251 e. The second kappa shape index (κ2) is 6.91.